The first kappa shape index (κ1) is 26.1. The van der Waals surface area contributed by atoms with Crippen LogP contribution >= 0.6 is 20.6 Å². The number of aromatic nitrogens is 2. The van der Waals surface area contributed by atoms with Crippen molar-refractivity contribution in [3.63, 3.8) is 0 Å². The number of hydrogen-bond acceptors (Lipinski definition) is 6. The standard InChI is InChI=1S/C19H15ClN2O5P.C2H6.Na/c1-26-9-14-13(17(8-23)27-28-25)6-16-18-11(7-22(16)19(14)24)4-10-5-12(20)2-3-15(10)21-18;1-2;/h2-6,8,17,28H,7,9H2,1H3;1-2H3;/q-1;;+1. The normalized spacial score (nSPS) is 12.7. The number of benzene rings is 1. The third-order valence-corrected chi connectivity index (χ3v) is 5.34. The van der Waals surface area contributed by atoms with Crippen molar-refractivity contribution in [2.75, 3.05) is 7.11 Å². The number of carbonyl (C=O) groups is 1. The summed E-state index contributed by atoms with van der Waals surface area (Å²) < 4.78 is 11.8. The summed E-state index contributed by atoms with van der Waals surface area (Å²) in [5.41, 5.74) is 3.20. The largest absolute Gasteiger partial charge is 1.00 e. The monoisotopic (exact) mass is 470 g/mol. The van der Waals surface area contributed by atoms with Gasteiger partial charge in [-0.3, -0.25) is 4.79 Å². The fraction of sp³-hybridized carbons (Fsp3) is 0.286. The maximum Gasteiger partial charge on any atom is 1.00 e. The number of rotatable bonds is 6. The van der Waals surface area contributed by atoms with E-state index < -0.39 is 15.1 Å². The zero-order valence-electron chi connectivity index (χ0n) is 17.8. The van der Waals surface area contributed by atoms with Gasteiger partial charge in [0.05, 0.1) is 30.1 Å². The molecule has 4 rings (SSSR count). The number of pyridine rings is 2. The maximum absolute atomic E-state index is 13.1. The summed E-state index contributed by atoms with van der Waals surface area (Å²) in [5.74, 6) is 0. The van der Waals surface area contributed by atoms with Crippen molar-refractivity contribution in [3.8, 4) is 11.4 Å². The third-order valence-electron chi connectivity index (χ3n) is 4.76. The molecule has 0 bridgehead atoms. The van der Waals surface area contributed by atoms with Gasteiger partial charge >= 0.3 is 29.6 Å². The van der Waals surface area contributed by atoms with E-state index in [1.807, 2.05) is 32.0 Å². The summed E-state index contributed by atoms with van der Waals surface area (Å²) in [5, 5.41) is 1.49. The SMILES string of the molecule is CC.COCc1c(C(C=O)OP[O-])cc2n(c1=O)Cc1cc3cc(Cl)ccc3nc1-2.[Na+]. The van der Waals surface area contributed by atoms with Gasteiger partial charge in [0.2, 0.25) is 0 Å². The molecule has 2 unspecified atom stereocenters. The van der Waals surface area contributed by atoms with Crippen LogP contribution in [-0.2, 0) is 27.2 Å². The van der Waals surface area contributed by atoms with Gasteiger partial charge in [0.15, 0.2) is 6.29 Å². The molecule has 10 heteroatoms. The van der Waals surface area contributed by atoms with Crippen LogP contribution in [0.1, 0.15) is 36.6 Å². The van der Waals surface area contributed by atoms with Crippen molar-refractivity contribution in [1.82, 2.24) is 9.55 Å². The molecule has 2 aromatic heterocycles. The Bertz CT molecular complexity index is 1150. The molecular weight excluding hydrogens is 450 g/mol. The van der Waals surface area contributed by atoms with Gasteiger partial charge in [0.1, 0.15) is 6.10 Å². The van der Waals surface area contributed by atoms with Crippen LogP contribution in [0.2, 0.25) is 5.02 Å². The van der Waals surface area contributed by atoms with Gasteiger partial charge in [0, 0.05) is 34.2 Å². The quantitative estimate of drug-likeness (QED) is 0.230. The van der Waals surface area contributed by atoms with Gasteiger partial charge in [-0.1, -0.05) is 34.5 Å². The van der Waals surface area contributed by atoms with E-state index >= 15 is 0 Å². The molecule has 31 heavy (non-hydrogen) atoms. The molecule has 7 nitrogen and oxygen atoms in total. The van der Waals surface area contributed by atoms with Crippen LogP contribution in [0.3, 0.4) is 0 Å². The number of aldehydes is 1. The second kappa shape index (κ2) is 11.6. The Morgan fingerprint density at radius 1 is 1.32 bits per heavy atom. The maximum atomic E-state index is 13.1. The van der Waals surface area contributed by atoms with E-state index in [1.165, 1.54) is 7.11 Å². The summed E-state index contributed by atoms with van der Waals surface area (Å²) >= 11 is 6.07. The zero-order valence-corrected chi connectivity index (χ0v) is 21.5. The summed E-state index contributed by atoms with van der Waals surface area (Å²) in [4.78, 5) is 40.2. The molecule has 1 aromatic carbocycles. The summed E-state index contributed by atoms with van der Waals surface area (Å²) in [6.45, 7) is 4.36. The predicted molar refractivity (Wildman–Crippen MR) is 116 cm³/mol. The van der Waals surface area contributed by atoms with E-state index in [0.29, 0.717) is 40.4 Å². The second-order valence-electron chi connectivity index (χ2n) is 6.38. The molecule has 158 valence electrons. The minimum Gasteiger partial charge on any atom is -0.810 e. The molecule has 1 aliphatic rings. The Hall–Kier alpha value is -1.15. The Balaban J connectivity index is 0.00000111. The van der Waals surface area contributed by atoms with Gasteiger partial charge in [-0.25, -0.2) is 4.98 Å². The fourth-order valence-electron chi connectivity index (χ4n) is 3.52. The Labute approximate surface area is 209 Å². The second-order valence-corrected chi connectivity index (χ2v) is 7.22. The average Bonchev–Trinajstić information content (AvgIpc) is 3.11. The van der Waals surface area contributed by atoms with Crippen LogP contribution in [-0.4, -0.2) is 22.9 Å². The zero-order chi connectivity index (χ0) is 21.8. The molecular formula is C21H21ClN2NaO5P. The Morgan fingerprint density at radius 3 is 2.71 bits per heavy atom. The number of ether oxygens (including phenoxy) is 1. The van der Waals surface area contributed by atoms with Gasteiger partial charge in [0.25, 0.3) is 5.56 Å². The van der Waals surface area contributed by atoms with E-state index in [4.69, 9.17) is 20.9 Å². The first-order valence-corrected chi connectivity index (χ1v) is 10.6. The van der Waals surface area contributed by atoms with Crippen molar-refractivity contribution >= 4 is 37.8 Å². The van der Waals surface area contributed by atoms with Crippen molar-refractivity contribution < 1.29 is 48.5 Å². The number of hydrogen-bond donors (Lipinski definition) is 0. The number of fused-ring (bicyclic) bond motifs is 4. The summed E-state index contributed by atoms with van der Waals surface area (Å²) in [7, 11) is 0.324. The van der Waals surface area contributed by atoms with Crippen molar-refractivity contribution in [3.05, 3.63) is 62.4 Å². The molecule has 3 aromatic rings. The van der Waals surface area contributed by atoms with Gasteiger partial charge in [-0.05, 0) is 30.3 Å². The van der Waals surface area contributed by atoms with Crippen LogP contribution in [0.4, 0.5) is 0 Å². The molecule has 0 amide bonds. The minimum atomic E-state index is -1.13. The molecule has 0 N–H and O–H groups in total. The molecule has 0 saturated heterocycles. The molecule has 1 aliphatic heterocycles. The van der Waals surface area contributed by atoms with Crippen LogP contribution in [0.15, 0.2) is 35.1 Å². The molecule has 0 radical (unpaired) electrons. The van der Waals surface area contributed by atoms with Gasteiger partial charge in [-0.15, -0.1) is 0 Å². The van der Waals surface area contributed by atoms with Crippen molar-refractivity contribution in [1.29, 1.82) is 0 Å². The first-order chi connectivity index (χ1) is 14.6. The molecule has 3 heterocycles. The molecule has 0 fully saturated rings. The topological polar surface area (TPSA) is 93.5 Å². The molecule has 2 atom stereocenters. The van der Waals surface area contributed by atoms with Crippen LogP contribution in [0.25, 0.3) is 22.3 Å². The molecule has 0 aliphatic carbocycles. The van der Waals surface area contributed by atoms with Crippen LogP contribution < -0.4 is 40.0 Å². The number of nitrogens with zero attached hydrogens (tertiary/aromatic N) is 2. The van der Waals surface area contributed by atoms with E-state index in [9.17, 15) is 14.5 Å². The van der Waals surface area contributed by atoms with Crippen molar-refractivity contribution in [2.45, 2.75) is 33.1 Å². The summed E-state index contributed by atoms with van der Waals surface area (Å²) in [6.07, 6.45) is -0.607. The number of carbonyl (C=O) groups excluding carboxylic acids is 1. The Kier molecular flexibility index (Phi) is 9.80. The van der Waals surface area contributed by atoms with E-state index in [-0.39, 0.29) is 41.7 Å². The van der Waals surface area contributed by atoms with E-state index in [0.717, 1.165) is 16.5 Å². The smallest absolute Gasteiger partial charge is 0.810 e. The van der Waals surface area contributed by atoms with Crippen molar-refractivity contribution in [2.24, 2.45) is 0 Å². The summed E-state index contributed by atoms with van der Waals surface area (Å²) in [6, 6.07) is 9.04. The van der Waals surface area contributed by atoms with Gasteiger partial charge < -0.3 is 23.5 Å². The number of methoxy groups -OCH3 is 1. The third kappa shape index (κ3) is 5.10. The van der Waals surface area contributed by atoms with Gasteiger partial charge in [-0.2, -0.15) is 0 Å². The molecule has 0 saturated carbocycles. The molecule has 0 spiro atoms. The average molecular weight is 471 g/mol. The predicted octanol–water partition coefficient (Wildman–Crippen LogP) is 0.381. The van der Waals surface area contributed by atoms with Crippen LogP contribution in [0.5, 0.6) is 0 Å². The fourth-order valence-corrected chi connectivity index (χ4v) is 3.99. The van der Waals surface area contributed by atoms with Crippen LogP contribution in [0, 0.1) is 0 Å². The first-order valence-electron chi connectivity index (χ1n) is 9.40. The van der Waals surface area contributed by atoms with E-state index in [2.05, 4.69) is 4.98 Å². The van der Waals surface area contributed by atoms with E-state index in [1.54, 1.807) is 16.7 Å². The number of halogens is 1. The Morgan fingerprint density at radius 2 is 2.06 bits per heavy atom. The minimum absolute atomic E-state index is 0.